The standard InChI is InChI=1S/C14H18BrN3O2/c1-2-16-14(20)18-9-7-17(8-10-18)13(19)11-5-3-4-6-12(11)15/h3-6H,2,7-10H2,1H3,(H,16,20). The lowest BCUT2D eigenvalue weighted by atomic mass is 10.2. The highest BCUT2D eigenvalue weighted by Crippen LogP contribution is 2.18. The molecular formula is C14H18BrN3O2. The molecule has 5 nitrogen and oxygen atoms in total. The molecule has 1 saturated heterocycles. The average molecular weight is 340 g/mol. The van der Waals surface area contributed by atoms with E-state index in [1.807, 2.05) is 31.2 Å². The van der Waals surface area contributed by atoms with Crippen LogP contribution in [-0.4, -0.2) is 54.5 Å². The van der Waals surface area contributed by atoms with Crippen LogP contribution in [0, 0.1) is 0 Å². The SMILES string of the molecule is CCNC(=O)N1CCN(C(=O)c2ccccc2Br)CC1. The van der Waals surface area contributed by atoms with Crippen molar-refractivity contribution < 1.29 is 9.59 Å². The van der Waals surface area contributed by atoms with Crippen LogP contribution in [0.3, 0.4) is 0 Å². The summed E-state index contributed by atoms with van der Waals surface area (Å²) in [5, 5.41) is 2.78. The van der Waals surface area contributed by atoms with E-state index in [0.717, 1.165) is 4.47 Å². The van der Waals surface area contributed by atoms with Crippen molar-refractivity contribution in [2.45, 2.75) is 6.92 Å². The molecule has 0 radical (unpaired) electrons. The summed E-state index contributed by atoms with van der Waals surface area (Å²) >= 11 is 3.40. The van der Waals surface area contributed by atoms with Gasteiger partial charge in [0.15, 0.2) is 0 Å². The van der Waals surface area contributed by atoms with E-state index in [9.17, 15) is 9.59 Å². The van der Waals surface area contributed by atoms with Gasteiger partial charge in [-0.25, -0.2) is 4.79 Å². The van der Waals surface area contributed by atoms with E-state index in [1.165, 1.54) is 0 Å². The van der Waals surface area contributed by atoms with E-state index in [1.54, 1.807) is 9.80 Å². The fraction of sp³-hybridized carbons (Fsp3) is 0.429. The van der Waals surface area contributed by atoms with Gasteiger partial charge in [0.1, 0.15) is 0 Å². The van der Waals surface area contributed by atoms with Crippen LogP contribution in [0.2, 0.25) is 0 Å². The number of amides is 3. The minimum atomic E-state index is -0.0551. The third-order valence-electron chi connectivity index (χ3n) is 3.29. The van der Waals surface area contributed by atoms with Crippen molar-refractivity contribution in [1.29, 1.82) is 0 Å². The first kappa shape index (κ1) is 14.8. The van der Waals surface area contributed by atoms with E-state index in [-0.39, 0.29) is 11.9 Å². The molecule has 1 aromatic rings. The van der Waals surface area contributed by atoms with Gasteiger partial charge in [0.05, 0.1) is 5.56 Å². The van der Waals surface area contributed by atoms with Crippen molar-refractivity contribution in [1.82, 2.24) is 15.1 Å². The highest BCUT2D eigenvalue weighted by Gasteiger charge is 2.25. The second-order valence-corrected chi connectivity index (χ2v) is 5.45. The molecule has 1 fully saturated rings. The molecule has 0 unspecified atom stereocenters. The van der Waals surface area contributed by atoms with Gasteiger partial charge in [0, 0.05) is 37.2 Å². The van der Waals surface area contributed by atoms with Crippen molar-refractivity contribution in [3.63, 3.8) is 0 Å². The number of urea groups is 1. The molecular weight excluding hydrogens is 322 g/mol. The fourth-order valence-corrected chi connectivity index (χ4v) is 2.64. The number of carbonyl (C=O) groups excluding carboxylic acids is 2. The van der Waals surface area contributed by atoms with Gasteiger partial charge in [-0.05, 0) is 35.0 Å². The number of nitrogens with one attached hydrogen (secondary N) is 1. The van der Waals surface area contributed by atoms with Gasteiger partial charge in [0.25, 0.3) is 5.91 Å². The molecule has 1 aliphatic heterocycles. The number of nitrogens with zero attached hydrogens (tertiary/aromatic N) is 2. The van der Waals surface area contributed by atoms with Crippen molar-refractivity contribution in [2.75, 3.05) is 32.7 Å². The minimum absolute atomic E-state index is 0.00743. The van der Waals surface area contributed by atoms with E-state index >= 15 is 0 Å². The lowest BCUT2D eigenvalue weighted by Crippen LogP contribution is -2.53. The predicted molar refractivity (Wildman–Crippen MR) is 80.7 cm³/mol. The quantitative estimate of drug-likeness (QED) is 0.895. The van der Waals surface area contributed by atoms with Crippen LogP contribution in [0.4, 0.5) is 4.79 Å². The minimum Gasteiger partial charge on any atom is -0.338 e. The number of piperazine rings is 1. The molecule has 6 heteroatoms. The molecule has 1 aromatic carbocycles. The number of hydrogen-bond acceptors (Lipinski definition) is 2. The molecule has 108 valence electrons. The topological polar surface area (TPSA) is 52.7 Å². The van der Waals surface area contributed by atoms with Crippen LogP contribution < -0.4 is 5.32 Å². The zero-order valence-corrected chi connectivity index (χ0v) is 13.0. The summed E-state index contributed by atoms with van der Waals surface area (Å²) in [5.41, 5.74) is 0.666. The maximum absolute atomic E-state index is 12.4. The Balaban J connectivity index is 1.96. The Labute approximate surface area is 127 Å². The number of carbonyl (C=O) groups is 2. The van der Waals surface area contributed by atoms with Gasteiger partial charge >= 0.3 is 6.03 Å². The first-order chi connectivity index (χ1) is 9.63. The maximum Gasteiger partial charge on any atom is 0.317 e. The summed E-state index contributed by atoms with van der Waals surface area (Å²) in [7, 11) is 0. The van der Waals surface area contributed by atoms with Crippen molar-refractivity contribution in [3.05, 3.63) is 34.3 Å². The lowest BCUT2D eigenvalue weighted by molar-refractivity contribution is 0.0664. The van der Waals surface area contributed by atoms with Crippen LogP contribution >= 0.6 is 15.9 Å². The highest BCUT2D eigenvalue weighted by atomic mass is 79.9. The third-order valence-corrected chi connectivity index (χ3v) is 3.98. The van der Waals surface area contributed by atoms with Crippen molar-refractivity contribution >= 4 is 27.9 Å². The van der Waals surface area contributed by atoms with Gasteiger partial charge in [-0.1, -0.05) is 12.1 Å². The summed E-state index contributed by atoms with van der Waals surface area (Å²) in [5.74, 6) is 0.00743. The molecule has 1 N–H and O–H groups in total. The summed E-state index contributed by atoms with van der Waals surface area (Å²) in [4.78, 5) is 27.6. The van der Waals surface area contributed by atoms with Gasteiger partial charge in [-0.15, -0.1) is 0 Å². The van der Waals surface area contributed by atoms with Crippen LogP contribution in [0.25, 0.3) is 0 Å². The number of hydrogen-bond donors (Lipinski definition) is 1. The summed E-state index contributed by atoms with van der Waals surface area (Å²) in [6, 6.07) is 7.35. The largest absolute Gasteiger partial charge is 0.338 e. The molecule has 1 aliphatic rings. The van der Waals surface area contributed by atoms with Crippen LogP contribution in [0.1, 0.15) is 17.3 Å². The Kier molecular flexibility index (Phi) is 5.00. The van der Waals surface area contributed by atoms with Crippen molar-refractivity contribution in [2.24, 2.45) is 0 Å². The molecule has 0 aromatic heterocycles. The number of rotatable bonds is 2. The number of benzene rings is 1. The van der Waals surface area contributed by atoms with Gasteiger partial charge < -0.3 is 15.1 Å². The molecule has 0 atom stereocenters. The van der Waals surface area contributed by atoms with E-state index in [0.29, 0.717) is 38.3 Å². The van der Waals surface area contributed by atoms with E-state index in [4.69, 9.17) is 0 Å². The normalized spacial score (nSPS) is 15.1. The monoisotopic (exact) mass is 339 g/mol. The zero-order valence-electron chi connectivity index (χ0n) is 11.4. The molecule has 0 bridgehead atoms. The maximum atomic E-state index is 12.4. The van der Waals surface area contributed by atoms with Gasteiger partial charge in [-0.2, -0.15) is 0 Å². The number of halogens is 1. The molecule has 20 heavy (non-hydrogen) atoms. The smallest absolute Gasteiger partial charge is 0.317 e. The first-order valence-electron chi connectivity index (χ1n) is 6.70. The van der Waals surface area contributed by atoms with Gasteiger partial charge in [-0.3, -0.25) is 4.79 Å². The third kappa shape index (κ3) is 3.30. The van der Waals surface area contributed by atoms with Crippen LogP contribution in [0.15, 0.2) is 28.7 Å². The molecule has 0 aliphatic carbocycles. The highest BCUT2D eigenvalue weighted by molar-refractivity contribution is 9.10. The lowest BCUT2D eigenvalue weighted by Gasteiger charge is -2.34. The van der Waals surface area contributed by atoms with Gasteiger partial charge in [0.2, 0.25) is 0 Å². The van der Waals surface area contributed by atoms with Crippen LogP contribution in [0.5, 0.6) is 0 Å². The molecule has 3 amide bonds. The Morgan fingerprint density at radius 3 is 2.35 bits per heavy atom. The second kappa shape index (κ2) is 6.74. The van der Waals surface area contributed by atoms with E-state index < -0.39 is 0 Å². The van der Waals surface area contributed by atoms with Crippen LogP contribution in [-0.2, 0) is 0 Å². The predicted octanol–water partition coefficient (Wildman–Crippen LogP) is 1.94. The Morgan fingerprint density at radius 1 is 1.15 bits per heavy atom. The zero-order chi connectivity index (χ0) is 14.5. The summed E-state index contributed by atoms with van der Waals surface area (Å²) in [6.45, 7) is 4.79. The second-order valence-electron chi connectivity index (χ2n) is 4.59. The summed E-state index contributed by atoms with van der Waals surface area (Å²) in [6.07, 6.45) is 0. The Bertz CT molecular complexity index is 499. The Morgan fingerprint density at radius 2 is 1.75 bits per heavy atom. The average Bonchev–Trinajstić information content (AvgIpc) is 2.47. The first-order valence-corrected chi connectivity index (χ1v) is 7.49. The molecule has 0 saturated carbocycles. The van der Waals surface area contributed by atoms with E-state index in [2.05, 4.69) is 21.2 Å². The fourth-order valence-electron chi connectivity index (χ4n) is 2.18. The van der Waals surface area contributed by atoms with Crippen molar-refractivity contribution in [3.8, 4) is 0 Å². The molecule has 1 heterocycles. The molecule has 2 rings (SSSR count). The molecule has 0 spiro atoms. The summed E-state index contributed by atoms with van der Waals surface area (Å²) < 4.78 is 0.802. The Hall–Kier alpha value is -1.56.